The zero-order chi connectivity index (χ0) is 19.8. The van der Waals surface area contributed by atoms with Gasteiger partial charge in [0.1, 0.15) is 15.8 Å². The van der Waals surface area contributed by atoms with Crippen LogP contribution >= 0.6 is 0 Å². The number of fused-ring (bicyclic) bond motifs is 1. The summed E-state index contributed by atoms with van der Waals surface area (Å²) < 4.78 is 34.3. The maximum absolute atomic E-state index is 12.5. The van der Waals surface area contributed by atoms with Crippen LogP contribution in [0.3, 0.4) is 0 Å². The molecule has 10 heteroatoms. The van der Waals surface area contributed by atoms with E-state index in [1.807, 2.05) is 0 Å². The molecule has 0 saturated heterocycles. The molecule has 0 bridgehead atoms. The molecule has 0 fully saturated rings. The number of azo groups is 1. The summed E-state index contributed by atoms with van der Waals surface area (Å²) in [5.41, 5.74) is -0.436. The summed E-state index contributed by atoms with van der Waals surface area (Å²) in [5.74, 6) is -2.27. The SMILES string of the molecule is Cc1ccc(N=Nc2c([O-])c(C(=O)O)cc3ccccc23)c(S(=O)(=O)[O-])c1.[Mg+2]. The van der Waals surface area contributed by atoms with Gasteiger partial charge in [-0.2, -0.15) is 5.11 Å². The molecule has 0 atom stereocenters. The van der Waals surface area contributed by atoms with Gasteiger partial charge in [0.05, 0.1) is 16.1 Å². The van der Waals surface area contributed by atoms with Gasteiger partial charge in [-0.05, 0) is 36.1 Å². The van der Waals surface area contributed by atoms with Gasteiger partial charge in [0.2, 0.25) is 0 Å². The van der Waals surface area contributed by atoms with Crippen molar-refractivity contribution in [3.63, 3.8) is 0 Å². The van der Waals surface area contributed by atoms with E-state index in [0.717, 1.165) is 6.07 Å². The van der Waals surface area contributed by atoms with E-state index in [0.29, 0.717) is 16.3 Å². The Hall–Kier alpha value is -2.53. The molecule has 3 aromatic carbocycles. The van der Waals surface area contributed by atoms with Gasteiger partial charge in [0, 0.05) is 5.39 Å². The predicted octanol–water partition coefficient (Wildman–Crippen LogP) is 2.86. The van der Waals surface area contributed by atoms with Crippen LogP contribution in [0, 0.1) is 6.92 Å². The molecule has 0 radical (unpaired) electrons. The average Bonchev–Trinajstić information content (AvgIpc) is 2.60. The molecule has 0 saturated carbocycles. The zero-order valence-corrected chi connectivity index (χ0v) is 16.8. The second kappa shape index (κ2) is 8.23. The van der Waals surface area contributed by atoms with E-state index in [9.17, 15) is 28.0 Å². The number of aryl methyl sites for hydroxylation is 1. The maximum atomic E-state index is 12.5. The molecule has 3 aromatic rings. The van der Waals surface area contributed by atoms with Crippen molar-refractivity contribution in [3.05, 3.63) is 59.7 Å². The second-order valence-corrected chi connectivity index (χ2v) is 7.10. The molecular formula is C18H12MgN2O6S. The summed E-state index contributed by atoms with van der Waals surface area (Å²) in [7, 11) is -4.81. The minimum Gasteiger partial charge on any atom is -0.870 e. The molecular weight excluding hydrogens is 397 g/mol. The van der Waals surface area contributed by atoms with Crippen molar-refractivity contribution in [3.8, 4) is 5.75 Å². The van der Waals surface area contributed by atoms with Gasteiger partial charge in [-0.3, -0.25) is 0 Å². The van der Waals surface area contributed by atoms with E-state index in [1.165, 1.54) is 18.2 Å². The summed E-state index contributed by atoms with van der Waals surface area (Å²) in [5, 5.41) is 30.1. The molecule has 8 nitrogen and oxygen atoms in total. The van der Waals surface area contributed by atoms with Gasteiger partial charge in [0.15, 0.2) is 0 Å². The molecule has 1 N–H and O–H groups in total. The topological polar surface area (TPSA) is 142 Å². The van der Waals surface area contributed by atoms with Gasteiger partial charge < -0.3 is 14.8 Å². The molecule has 0 unspecified atom stereocenters. The molecule has 0 amide bonds. The number of rotatable bonds is 4. The molecule has 0 aliphatic rings. The fraction of sp³-hybridized carbons (Fsp3) is 0.0556. The molecule has 0 aromatic heterocycles. The first-order valence-electron chi connectivity index (χ1n) is 7.63. The Morgan fingerprint density at radius 2 is 1.75 bits per heavy atom. The van der Waals surface area contributed by atoms with Crippen molar-refractivity contribution in [2.45, 2.75) is 11.8 Å². The van der Waals surface area contributed by atoms with E-state index in [-0.39, 0.29) is 34.4 Å². The van der Waals surface area contributed by atoms with Crippen LogP contribution in [0.4, 0.5) is 11.4 Å². The summed E-state index contributed by atoms with van der Waals surface area (Å²) in [4.78, 5) is 10.8. The molecule has 138 valence electrons. The third-order valence-corrected chi connectivity index (χ3v) is 4.71. The summed E-state index contributed by atoms with van der Waals surface area (Å²) in [6.45, 7) is 1.61. The molecule has 0 heterocycles. The number of carbonyl (C=O) groups is 1. The number of carboxylic acid groups (broad SMARTS) is 1. The molecule has 28 heavy (non-hydrogen) atoms. The normalized spacial score (nSPS) is 11.5. The number of aromatic carboxylic acids is 1. The standard InChI is InChI=1S/C18H14N2O6S.Mg/c1-10-6-7-14(15(8-10)27(24,25)26)19-20-16-12-5-3-2-4-11(12)9-13(17(16)21)18(22)23;/h2-9,21H,1H3,(H,22,23)(H,24,25,26);/q;+2/p-2. The fourth-order valence-corrected chi connectivity index (χ4v) is 3.27. The van der Waals surface area contributed by atoms with E-state index in [2.05, 4.69) is 10.2 Å². The van der Waals surface area contributed by atoms with Crippen LogP contribution in [0.5, 0.6) is 5.75 Å². The molecule has 0 aliphatic heterocycles. The van der Waals surface area contributed by atoms with E-state index in [1.54, 1.807) is 31.2 Å². The van der Waals surface area contributed by atoms with Gasteiger partial charge in [-0.25, -0.2) is 13.2 Å². The Bertz CT molecular complexity index is 1210. The Morgan fingerprint density at radius 3 is 2.39 bits per heavy atom. The van der Waals surface area contributed by atoms with Crippen LogP contribution in [-0.2, 0) is 10.1 Å². The number of nitrogens with zero attached hydrogens (tertiary/aromatic N) is 2. The minimum atomic E-state index is -4.81. The number of benzene rings is 3. The summed E-state index contributed by atoms with van der Waals surface area (Å²) in [6, 6.07) is 11.7. The number of hydrogen-bond acceptors (Lipinski definition) is 7. The van der Waals surface area contributed by atoms with Crippen molar-refractivity contribution < 1.29 is 28.0 Å². The molecule has 0 aliphatic carbocycles. The summed E-state index contributed by atoms with van der Waals surface area (Å²) >= 11 is 0. The maximum Gasteiger partial charge on any atom is 2.00 e. The van der Waals surface area contributed by atoms with Crippen molar-refractivity contribution in [1.82, 2.24) is 0 Å². The van der Waals surface area contributed by atoms with Gasteiger partial charge in [-0.15, -0.1) is 5.11 Å². The van der Waals surface area contributed by atoms with Crippen molar-refractivity contribution in [1.29, 1.82) is 0 Å². The average molecular weight is 409 g/mol. The fourth-order valence-electron chi connectivity index (χ4n) is 2.58. The number of hydrogen-bond donors (Lipinski definition) is 1. The Kier molecular flexibility index (Phi) is 6.39. The monoisotopic (exact) mass is 408 g/mol. The minimum absolute atomic E-state index is 0. The van der Waals surface area contributed by atoms with Crippen molar-refractivity contribution in [2.24, 2.45) is 10.2 Å². The second-order valence-electron chi connectivity index (χ2n) is 5.75. The Labute approximate surface area is 176 Å². The van der Waals surface area contributed by atoms with Crippen LogP contribution in [0.1, 0.15) is 15.9 Å². The first-order chi connectivity index (χ1) is 12.7. The van der Waals surface area contributed by atoms with Crippen LogP contribution < -0.4 is 5.11 Å². The van der Waals surface area contributed by atoms with E-state index >= 15 is 0 Å². The first-order valence-corrected chi connectivity index (χ1v) is 9.03. The van der Waals surface area contributed by atoms with E-state index < -0.39 is 32.3 Å². The molecule has 3 rings (SSSR count). The van der Waals surface area contributed by atoms with Gasteiger partial charge in [0.25, 0.3) is 0 Å². The smallest absolute Gasteiger partial charge is 0.870 e. The van der Waals surface area contributed by atoms with Crippen molar-refractivity contribution in [2.75, 3.05) is 0 Å². The summed E-state index contributed by atoms with van der Waals surface area (Å²) in [6.07, 6.45) is 0. The van der Waals surface area contributed by atoms with Gasteiger partial charge >= 0.3 is 29.0 Å². The molecule has 0 spiro atoms. The zero-order valence-electron chi connectivity index (χ0n) is 14.6. The predicted molar refractivity (Wildman–Crippen MR) is 99.4 cm³/mol. The Balaban J connectivity index is 0.00000280. The largest absolute Gasteiger partial charge is 2.00 e. The van der Waals surface area contributed by atoms with E-state index in [4.69, 9.17) is 0 Å². The third-order valence-electron chi connectivity index (χ3n) is 3.85. The Morgan fingerprint density at radius 1 is 1.07 bits per heavy atom. The van der Waals surface area contributed by atoms with Crippen LogP contribution in [0.15, 0.2) is 63.7 Å². The van der Waals surface area contributed by atoms with Gasteiger partial charge in [-0.1, -0.05) is 36.1 Å². The van der Waals surface area contributed by atoms with Crippen LogP contribution in [-0.4, -0.2) is 47.1 Å². The third kappa shape index (κ3) is 4.30. The van der Waals surface area contributed by atoms with Crippen LogP contribution in [0.2, 0.25) is 0 Å². The quantitative estimate of drug-likeness (QED) is 0.399. The first kappa shape index (κ1) is 21.8. The van der Waals surface area contributed by atoms with Crippen molar-refractivity contribution >= 4 is 61.3 Å². The van der Waals surface area contributed by atoms with Crippen LogP contribution in [0.25, 0.3) is 10.8 Å². The number of carboxylic acids is 1.